The fraction of sp³-hybridized carbons (Fsp3) is 0.133. The number of aromatic nitrogens is 2. The Labute approximate surface area is 116 Å². The number of hydrogen-bond acceptors (Lipinski definition) is 4. The van der Waals surface area contributed by atoms with Crippen molar-refractivity contribution in [1.29, 1.82) is 0 Å². The molecule has 0 aliphatic heterocycles. The maximum Gasteiger partial charge on any atom is 0.123 e. The van der Waals surface area contributed by atoms with Gasteiger partial charge in [-0.3, -0.25) is 0 Å². The number of benzene rings is 1. The summed E-state index contributed by atoms with van der Waals surface area (Å²) in [6, 6.07) is 11.6. The second-order valence-corrected chi connectivity index (χ2v) is 4.30. The SMILES string of the molecule is COc1cc(NCc2ccco2)cc(-n2cccn2)c1. The number of methoxy groups -OCH3 is 1. The highest BCUT2D eigenvalue weighted by Gasteiger charge is 2.04. The lowest BCUT2D eigenvalue weighted by molar-refractivity contribution is 0.414. The third kappa shape index (κ3) is 2.66. The summed E-state index contributed by atoms with van der Waals surface area (Å²) < 4.78 is 12.4. The number of furan rings is 1. The molecular weight excluding hydrogens is 254 g/mol. The van der Waals surface area contributed by atoms with Crippen LogP contribution < -0.4 is 10.1 Å². The molecule has 0 amide bonds. The Bertz CT molecular complexity index is 661. The Morgan fingerprint density at radius 1 is 1.30 bits per heavy atom. The molecule has 0 fully saturated rings. The molecular formula is C15H15N3O2. The van der Waals surface area contributed by atoms with Crippen molar-refractivity contribution in [3.8, 4) is 11.4 Å². The number of nitrogens with zero attached hydrogens (tertiary/aromatic N) is 2. The lowest BCUT2D eigenvalue weighted by Crippen LogP contribution is -2.01. The van der Waals surface area contributed by atoms with Gasteiger partial charge in [-0.1, -0.05) is 0 Å². The molecule has 2 aromatic heterocycles. The van der Waals surface area contributed by atoms with Gasteiger partial charge in [0.2, 0.25) is 0 Å². The topological polar surface area (TPSA) is 52.2 Å². The van der Waals surface area contributed by atoms with Gasteiger partial charge in [0.05, 0.1) is 25.6 Å². The number of rotatable bonds is 5. The number of nitrogens with one attached hydrogen (secondary N) is 1. The van der Waals surface area contributed by atoms with Gasteiger partial charge < -0.3 is 14.5 Å². The van der Waals surface area contributed by atoms with E-state index >= 15 is 0 Å². The van der Waals surface area contributed by atoms with Crippen molar-refractivity contribution < 1.29 is 9.15 Å². The standard InChI is InChI=1S/C15H15N3O2/c1-19-15-9-12(16-11-14-4-2-7-20-14)8-13(10-15)18-6-3-5-17-18/h2-10,16H,11H2,1H3. The van der Waals surface area contributed by atoms with Crippen LogP contribution in [0, 0.1) is 0 Å². The van der Waals surface area contributed by atoms with E-state index in [2.05, 4.69) is 10.4 Å². The van der Waals surface area contributed by atoms with Gasteiger partial charge in [0.15, 0.2) is 0 Å². The number of ether oxygens (including phenoxy) is 1. The Morgan fingerprint density at radius 2 is 2.25 bits per heavy atom. The Balaban J connectivity index is 1.84. The Hall–Kier alpha value is -2.69. The summed E-state index contributed by atoms with van der Waals surface area (Å²) in [5, 5.41) is 7.54. The van der Waals surface area contributed by atoms with E-state index in [4.69, 9.17) is 9.15 Å². The molecule has 3 rings (SSSR count). The van der Waals surface area contributed by atoms with Crippen LogP contribution in [0.5, 0.6) is 5.75 Å². The number of anilines is 1. The second-order valence-electron chi connectivity index (χ2n) is 4.30. The van der Waals surface area contributed by atoms with Gasteiger partial charge in [-0.05, 0) is 24.3 Å². The minimum Gasteiger partial charge on any atom is -0.497 e. The highest BCUT2D eigenvalue weighted by atomic mass is 16.5. The van der Waals surface area contributed by atoms with Crippen LogP contribution in [0.3, 0.4) is 0 Å². The van der Waals surface area contributed by atoms with Gasteiger partial charge in [-0.2, -0.15) is 5.10 Å². The minimum absolute atomic E-state index is 0.624. The summed E-state index contributed by atoms with van der Waals surface area (Å²) in [5.74, 6) is 1.66. The molecule has 1 aromatic carbocycles. The van der Waals surface area contributed by atoms with E-state index in [1.807, 2.05) is 42.6 Å². The van der Waals surface area contributed by atoms with Gasteiger partial charge in [-0.25, -0.2) is 4.68 Å². The Morgan fingerprint density at radius 3 is 2.95 bits per heavy atom. The van der Waals surface area contributed by atoms with Crippen molar-refractivity contribution in [3.05, 3.63) is 60.8 Å². The summed E-state index contributed by atoms with van der Waals surface area (Å²) in [6.07, 6.45) is 5.30. The van der Waals surface area contributed by atoms with Crippen molar-refractivity contribution in [3.63, 3.8) is 0 Å². The smallest absolute Gasteiger partial charge is 0.123 e. The third-order valence-corrected chi connectivity index (χ3v) is 2.94. The van der Waals surface area contributed by atoms with Crippen LogP contribution in [0.25, 0.3) is 5.69 Å². The van der Waals surface area contributed by atoms with E-state index in [0.717, 1.165) is 22.9 Å². The molecule has 1 N–H and O–H groups in total. The van der Waals surface area contributed by atoms with Crippen LogP contribution >= 0.6 is 0 Å². The molecule has 0 bridgehead atoms. The maximum atomic E-state index is 5.33. The molecule has 102 valence electrons. The average molecular weight is 269 g/mol. The highest BCUT2D eigenvalue weighted by molar-refractivity contribution is 5.56. The minimum atomic E-state index is 0.624. The van der Waals surface area contributed by atoms with Crippen LogP contribution in [0.4, 0.5) is 5.69 Å². The van der Waals surface area contributed by atoms with Gasteiger partial charge in [0.25, 0.3) is 0 Å². The molecule has 0 spiro atoms. The lowest BCUT2D eigenvalue weighted by atomic mass is 10.2. The largest absolute Gasteiger partial charge is 0.497 e. The fourth-order valence-corrected chi connectivity index (χ4v) is 1.96. The molecule has 0 unspecified atom stereocenters. The van der Waals surface area contributed by atoms with Crippen molar-refractivity contribution in [2.75, 3.05) is 12.4 Å². The van der Waals surface area contributed by atoms with Crippen LogP contribution in [0.2, 0.25) is 0 Å². The average Bonchev–Trinajstić information content (AvgIpc) is 3.17. The first-order valence-electron chi connectivity index (χ1n) is 6.30. The van der Waals surface area contributed by atoms with Crippen molar-refractivity contribution in [2.45, 2.75) is 6.54 Å². The fourth-order valence-electron chi connectivity index (χ4n) is 1.96. The predicted octanol–water partition coefficient (Wildman–Crippen LogP) is 3.09. The molecule has 0 aliphatic carbocycles. The highest BCUT2D eigenvalue weighted by Crippen LogP contribution is 2.23. The van der Waals surface area contributed by atoms with E-state index in [1.165, 1.54) is 0 Å². The molecule has 20 heavy (non-hydrogen) atoms. The summed E-state index contributed by atoms with van der Waals surface area (Å²) in [6.45, 7) is 0.624. The molecule has 3 aromatic rings. The van der Waals surface area contributed by atoms with Crippen molar-refractivity contribution in [1.82, 2.24) is 9.78 Å². The third-order valence-electron chi connectivity index (χ3n) is 2.94. The zero-order valence-electron chi connectivity index (χ0n) is 11.1. The maximum absolute atomic E-state index is 5.33. The Kier molecular flexibility index (Phi) is 3.41. The molecule has 2 heterocycles. The van der Waals surface area contributed by atoms with Crippen LogP contribution in [-0.4, -0.2) is 16.9 Å². The normalized spacial score (nSPS) is 10.4. The van der Waals surface area contributed by atoms with E-state index < -0.39 is 0 Å². The summed E-state index contributed by atoms with van der Waals surface area (Å²) in [5.41, 5.74) is 1.89. The lowest BCUT2D eigenvalue weighted by Gasteiger charge is -2.10. The summed E-state index contributed by atoms with van der Waals surface area (Å²) in [4.78, 5) is 0. The molecule has 0 saturated carbocycles. The summed E-state index contributed by atoms with van der Waals surface area (Å²) in [7, 11) is 1.65. The molecule has 0 saturated heterocycles. The van der Waals surface area contributed by atoms with E-state index in [-0.39, 0.29) is 0 Å². The van der Waals surface area contributed by atoms with Crippen LogP contribution in [0.1, 0.15) is 5.76 Å². The molecule has 5 heteroatoms. The zero-order valence-corrected chi connectivity index (χ0v) is 11.1. The monoisotopic (exact) mass is 269 g/mol. The molecule has 5 nitrogen and oxygen atoms in total. The predicted molar refractivity (Wildman–Crippen MR) is 76.2 cm³/mol. The summed E-state index contributed by atoms with van der Waals surface area (Å²) >= 11 is 0. The van der Waals surface area contributed by atoms with Gasteiger partial charge in [0.1, 0.15) is 11.5 Å². The van der Waals surface area contributed by atoms with Gasteiger partial charge in [-0.15, -0.1) is 0 Å². The first kappa shape index (κ1) is 12.3. The first-order valence-corrected chi connectivity index (χ1v) is 6.30. The van der Waals surface area contributed by atoms with E-state index in [9.17, 15) is 0 Å². The quantitative estimate of drug-likeness (QED) is 0.773. The van der Waals surface area contributed by atoms with E-state index in [1.54, 1.807) is 24.3 Å². The van der Waals surface area contributed by atoms with Crippen LogP contribution in [0.15, 0.2) is 59.5 Å². The van der Waals surface area contributed by atoms with Gasteiger partial charge >= 0.3 is 0 Å². The first-order chi connectivity index (χ1) is 9.85. The number of hydrogen-bond donors (Lipinski definition) is 1. The molecule has 0 atom stereocenters. The van der Waals surface area contributed by atoms with Crippen molar-refractivity contribution in [2.24, 2.45) is 0 Å². The zero-order chi connectivity index (χ0) is 13.8. The molecule has 0 radical (unpaired) electrons. The van der Waals surface area contributed by atoms with Crippen LogP contribution in [-0.2, 0) is 6.54 Å². The van der Waals surface area contributed by atoms with Crippen molar-refractivity contribution >= 4 is 5.69 Å². The van der Waals surface area contributed by atoms with Gasteiger partial charge in [0, 0.05) is 30.2 Å². The van der Waals surface area contributed by atoms with E-state index in [0.29, 0.717) is 6.54 Å². The molecule has 0 aliphatic rings. The second kappa shape index (κ2) is 5.52.